The molecule has 6 heteroatoms. The van der Waals surface area contributed by atoms with Gasteiger partial charge in [0.05, 0.1) is 13.2 Å². The number of nitrogens with two attached hydrogens (primary N) is 1. The zero-order valence-electron chi connectivity index (χ0n) is 13.0. The van der Waals surface area contributed by atoms with Crippen LogP contribution in [0.2, 0.25) is 5.02 Å². The van der Waals surface area contributed by atoms with Gasteiger partial charge in [0.1, 0.15) is 0 Å². The van der Waals surface area contributed by atoms with Gasteiger partial charge in [-0.1, -0.05) is 37.6 Å². The molecule has 1 atom stereocenters. The molecule has 0 aliphatic heterocycles. The van der Waals surface area contributed by atoms with Crippen LogP contribution in [0.4, 0.5) is 0 Å². The Morgan fingerprint density at radius 2 is 1.95 bits per heavy atom. The Kier molecular flexibility index (Phi) is 9.24. The highest BCUT2D eigenvalue weighted by Gasteiger charge is 2.20. The van der Waals surface area contributed by atoms with Gasteiger partial charge in [0.25, 0.3) is 0 Å². The van der Waals surface area contributed by atoms with E-state index < -0.39 is 0 Å². The first-order valence-corrected chi connectivity index (χ1v) is 7.04. The molecule has 0 radical (unpaired) electrons. The van der Waals surface area contributed by atoms with E-state index in [2.05, 4.69) is 24.2 Å². The topological polar surface area (TPSA) is 59.6 Å². The molecular weight excluding hydrogens is 401 g/mol. The number of methoxy groups -OCH3 is 1. The standard InChI is InChI=1S/C15H24ClN3O.HI/c1-11(9-20-4)19-14(17)18-10-15(2,3)12-5-7-13(16)8-6-12;/h5-8,11H,9-10H2,1-4H3,(H3,17,18,19);1H. The van der Waals surface area contributed by atoms with E-state index in [0.717, 1.165) is 5.02 Å². The molecule has 0 heterocycles. The monoisotopic (exact) mass is 425 g/mol. The van der Waals surface area contributed by atoms with E-state index in [1.165, 1.54) is 5.56 Å². The summed E-state index contributed by atoms with van der Waals surface area (Å²) in [6.07, 6.45) is 0. The molecule has 0 amide bonds. The molecule has 0 fully saturated rings. The minimum absolute atomic E-state index is 0. The molecule has 3 N–H and O–H groups in total. The van der Waals surface area contributed by atoms with Crippen LogP contribution < -0.4 is 11.1 Å². The number of aliphatic imine (C=N–C) groups is 1. The van der Waals surface area contributed by atoms with Gasteiger partial charge in [0.15, 0.2) is 5.96 Å². The lowest BCUT2D eigenvalue weighted by Crippen LogP contribution is -2.41. The van der Waals surface area contributed by atoms with Crippen LogP contribution in [-0.4, -0.2) is 32.3 Å². The number of nitrogens with zero attached hydrogens (tertiary/aromatic N) is 1. The molecule has 0 bridgehead atoms. The van der Waals surface area contributed by atoms with Crippen molar-refractivity contribution in [3.8, 4) is 0 Å². The summed E-state index contributed by atoms with van der Waals surface area (Å²) in [6, 6.07) is 7.97. The van der Waals surface area contributed by atoms with Crippen LogP contribution in [-0.2, 0) is 10.2 Å². The van der Waals surface area contributed by atoms with Crippen molar-refractivity contribution in [3.05, 3.63) is 34.9 Å². The fourth-order valence-corrected chi connectivity index (χ4v) is 1.99. The van der Waals surface area contributed by atoms with E-state index in [0.29, 0.717) is 19.1 Å². The molecular formula is C15H25ClIN3O. The molecule has 1 unspecified atom stereocenters. The Balaban J connectivity index is 0.00000400. The second-order valence-corrected chi connectivity index (χ2v) is 6.03. The quantitative estimate of drug-likeness (QED) is 0.418. The molecule has 0 aromatic heterocycles. The molecule has 120 valence electrons. The van der Waals surface area contributed by atoms with E-state index in [-0.39, 0.29) is 35.4 Å². The average molecular weight is 426 g/mol. The summed E-state index contributed by atoms with van der Waals surface area (Å²) in [7, 11) is 1.66. The largest absolute Gasteiger partial charge is 0.383 e. The maximum absolute atomic E-state index is 5.91. The van der Waals surface area contributed by atoms with Crippen LogP contribution >= 0.6 is 35.6 Å². The third-order valence-corrected chi connectivity index (χ3v) is 3.33. The van der Waals surface area contributed by atoms with Gasteiger partial charge in [0, 0.05) is 23.6 Å². The number of ether oxygens (including phenoxy) is 1. The van der Waals surface area contributed by atoms with E-state index in [1.807, 2.05) is 31.2 Å². The van der Waals surface area contributed by atoms with Gasteiger partial charge < -0.3 is 15.8 Å². The molecule has 0 spiro atoms. The van der Waals surface area contributed by atoms with Crippen LogP contribution in [0.1, 0.15) is 26.3 Å². The average Bonchev–Trinajstić information content (AvgIpc) is 2.37. The smallest absolute Gasteiger partial charge is 0.188 e. The predicted octanol–water partition coefficient (Wildman–Crippen LogP) is 3.17. The van der Waals surface area contributed by atoms with Crippen molar-refractivity contribution in [1.29, 1.82) is 0 Å². The molecule has 1 aromatic rings. The summed E-state index contributed by atoms with van der Waals surface area (Å²) in [6.45, 7) is 7.46. The van der Waals surface area contributed by atoms with Crippen molar-refractivity contribution in [2.24, 2.45) is 10.7 Å². The van der Waals surface area contributed by atoms with E-state index in [1.54, 1.807) is 7.11 Å². The van der Waals surface area contributed by atoms with Crippen molar-refractivity contribution < 1.29 is 4.74 Å². The maximum Gasteiger partial charge on any atom is 0.188 e. The van der Waals surface area contributed by atoms with Gasteiger partial charge in [-0.05, 0) is 24.6 Å². The molecule has 0 aliphatic carbocycles. The highest BCUT2D eigenvalue weighted by atomic mass is 127. The van der Waals surface area contributed by atoms with Gasteiger partial charge in [-0.25, -0.2) is 0 Å². The van der Waals surface area contributed by atoms with Crippen molar-refractivity contribution in [3.63, 3.8) is 0 Å². The number of rotatable bonds is 6. The van der Waals surface area contributed by atoms with Gasteiger partial charge >= 0.3 is 0 Å². The summed E-state index contributed by atoms with van der Waals surface area (Å²) < 4.78 is 5.04. The normalized spacial score (nSPS) is 13.5. The summed E-state index contributed by atoms with van der Waals surface area (Å²) in [5.41, 5.74) is 6.96. The second kappa shape index (κ2) is 9.48. The lowest BCUT2D eigenvalue weighted by atomic mass is 9.85. The SMILES string of the molecule is COCC(C)NC(N)=NCC(C)(C)c1ccc(Cl)cc1.I. The summed E-state index contributed by atoms with van der Waals surface area (Å²) in [4.78, 5) is 4.41. The second-order valence-electron chi connectivity index (χ2n) is 5.59. The van der Waals surface area contributed by atoms with E-state index in [9.17, 15) is 0 Å². The number of guanidine groups is 1. The van der Waals surface area contributed by atoms with Crippen LogP contribution in [0.15, 0.2) is 29.3 Å². The summed E-state index contributed by atoms with van der Waals surface area (Å²) in [5, 5.41) is 3.83. The van der Waals surface area contributed by atoms with Gasteiger partial charge in [-0.15, -0.1) is 24.0 Å². The third-order valence-electron chi connectivity index (χ3n) is 3.08. The third kappa shape index (κ3) is 7.33. The first kappa shape index (κ1) is 20.5. The molecule has 0 saturated carbocycles. The zero-order valence-corrected chi connectivity index (χ0v) is 16.1. The zero-order chi connectivity index (χ0) is 15.2. The van der Waals surface area contributed by atoms with Crippen molar-refractivity contribution in [2.75, 3.05) is 20.3 Å². The number of hydrogen-bond acceptors (Lipinski definition) is 2. The molecule has 21 heavy (non-hydrogen) atoms. The Morgan fingerprint density at radius 3 is 2.48 bits per heavy atom. The van der Waals surface area contributed by atoms with Crippen LogP contribution in [0.5, 0.6) is 0 Å². The molecule has 1 aromatic carbocycles. The van der Waals surface area contributed by atoms with Gasteiger partial charge in [0.2, 0.25) is 0 Å². The van der Waals surface area contributed by atoms with Crippen LogP contribution in [0, 0.1) is 0 Å². The fourth-order valence-electron chi connectivity index (χ4n) is 1.86. The Bertz CT molecular complexity index is 449. The van der Waals surface area contributed by atoms with Gasteiger partial charge in [-0.2, -0.15) is 0 Å². The first-order valence-electron chi connectivity index (χ1n) is 6.66. The van der Waals surface area contributed by atoms with Crippen LogP contribution in [0.3, 0.4) is 0 Å². The summed E-state index contributed by atoms with van der Waals surface area (Å²) in [5.74, 6) is 0.441. The Morgan fingerprint density at radius 1 is 1.38 bits per heavy atom. The van der Waals surface area contributed by atoms with Gasteiger partial charge in [-0.3, -0.25) is 4.99 Å². The van der Waals surface area contributed by atoms with E-state index in [4.69, 9.17) is 22.1 Å². The molecule has 0 saturated heterocycles. The molecule has 4 nitrogen and oxygen atoms in total. The predicted molar refractivity (Wildman–Crippen MR) is 101 cm³/mol. The first-order chi connectivity index (χ1) is 9.35. The lowest BCUT2D eigenvalue weighted by Gasteiger charge is -2.23. The fraction of sp³-hybridized carbons (Fsp3) is 0.533. The number of hydrogen-bond donors (Lipinski definition) is 2. The minimum Gasteiger partial charge on any atom is -0.383 e. The Hall–Kier alpha value is -0.530. The maximum atomic E-state index is 5.91. The number of halogens is 2. The summed E-state index contributed by atoms with van der Waals surface area (Å²) >= 11 is 5.91. The van der Waals surface area contributed by atoms with Crippen molar-refractivity contribution in [2.45, 2.75) is 32.2 Å². The highest BCUT2D eigenvalue weighted by Crippen LogP contribution is 2.24. The van der Waals surface area contributed by atoms with E-state index >= 15 is 0 Å². The molecule has 1 rings (SSSR count). The highest BCUT2D eigenvalue weighted by molar-refractivity contribution is 14.0. The number of nitrogens with one attached hydrogen (secondary N) is 1. The van der Waals surface area contributed by atoms with Crippen molar-refractivity contribution in [1.82, 2.24) is 5.32 Å². The number of benzene rings is 1. The van der Waals surface area contributed by atoms with Crippen molar-refractivity contribution >= 4 is 41.5 Å². The minimum atomic E-state index is -0.0958. The van der Waals surface area contributed by atoms with Crippen LogP contribution in [0.25, 0.3) is 0 Å². The molecule has 0 aliphatic rings. The lowest BCUT2D eigenvalue weighted by molar-refractivity contribution is 0.179. The Labute approximate surface area is 149 Å².